The van der Waals surface area contributed by atoms with Gasteiger partial charge in [0, 0.05) is 0 Å². The maximum absolute atomic E-state index is 13.2. The number of phenols is 2. The van der Waals surface area contributed by atoms with Crippen molar-refractivity contribution in [1.82, 2.24) is 0 Å². The number of benzene rings is 8. The van der Waals surface area contributed by atoms with Crippen LogP contribution in [0.2, 0.25) is 0 Å². The molecule has 604 valence electrons. The summed E-state index contributed by atoms with van der Waals surface area (Å²) in [6.45, 7) is 64.1. The number of hydrogen-bond acceptors (Lipinski definition) is 18. The van der Waals surface area contributed by atoms with E-state index in [-0.39, 0.29) is 120 Å². The minimum absolute atomic E-state index is 0.174. The van der Waals surface area contributed by atoms with Crippen LogP contribution >= 0.6 is 94.1 Å². The Labute approximate surface area is 704 Å². The molecule has 3 heterocycles. The van der Waals surface area contributed by atoms with Crippen LogP contribution < -0.4 is 28.4 Å². The van der Waals surface area contributed by atoms with Gasteiger partial charge in [0.25, 0.3) is 0 Å². The van der Waals surface area contributed by atoms with Gasteiger partial charge < -0.3 is 48.1 Å². The van der Waals surface area contributed by atoms with E-state index in [2.05, 4.69) is 291 Å². The zero-order chi connectivity index (χ0) is 81.9. The first kappa shape index (κ1) is 87.7. The van der Waals surface area contributed by atoms with Crippen LogP contribution in [0.15, 0.2) is 175 Å². The molecule has 0 saturated heterocycles. The fraction of sp³-hybridized carbons (Fsp3) is 0.489. The first-order chi connectivity index (χ1) is 52.0. The third-order valence-electron chi connectivity index (χ3n) is 19.5. The van der Waals surface area contributed by atoms with Gasteiger partial charge >= 0.3 is 0 Å². The second kappa shape index (κ2) is 34.1. The molecule has 2 N–H and O–H groups in total. The molecular weight excluding hydrogens is 1550 g/mol. The number of ether oxygens (including phenoxy) is 8. The van der Waals surface area contributed by atoms with Gasteiger partial charge in [-0.25, -0.2) is 0 Å². The van der Waals surface area contributed by atoms with Crippen molar-refractivity contribution in [3.63, 3.8) is 0 Å². The van der Waals surface area contributed by atoms with Crippen molar-refractivity contribution in [3.05, 3.63) is 142 Å². The van der Waals surface area contributed by atoms with Crippen LogP contribution in [0.4, 0.5) is 0 Å². The van der Waals surface area contributed by atoms with Gasteiger partial charge in [-0.15, -0.1) is 0 Å². The summed E-state index contributed by atoms with van der Waals surface area (Å²) in [6, 6.07) is 36.0. The Bertz CT molecular complexity index is 4240. The van der Waals surface area contributed by atoms with Gasteiger partial charge in [0.2, 0.25) is 0 Å². The topological polar surface area (TPSA) is 114 Å². The SMILES string of the molecule is CC(C)Oc1c2cc(C(C)(C)C)cc1Sc1cc(C(C)(C)C)cc3c1OCCOCCOc1c4cc(C(C)(C)C)cc1Sc1cc(C(C)(C)C)cc(c1OC(C)C)Sc1cc(C(C)(C)C)cc(c1OCCOCCOc1c(cc(C(C)(C)C)cc1S2)Sc1cc(C(C)(C)C)cc(c1O)S3)Sc1cc(C(C)(C)C)cc(c1O)S4. The average Bonchev–Trinajstić information content (AvgIpc) is 0.764. The Hall–Kier alpha value is -5.12. The van der Waals surface area contributed by atoms with Gasteiger partial charge in [0.15, 0.2) is 0 Å². The smallest absolute Gasteiger partial charge is 0.147 e. The first-order valence-corrected chi connectivity index (χ1v) is 45.8. The third kappa shape index (κ3) is 21.2. The monoisotopic (exact) mass is 1660 g/mol. The van der Waals surface area contributed by atoms with Crippen LogP contribution in [0.3, 0.4) is 0 Å². The second-order valence-electron chi connectivity index (χ2n) is 38.2. The van der Waals surface area contributed by atoms with Crippen molar-refractivity contribution in [3.8, 4) is 46.0 Å². The van der Waals surface area contributed by atoms with Crippen LogP contribution in [-0.2, 0) is 52.8 Å². The highest BCUT2D eigenvalue weighted by atomic mass is 32.2. The predicted octanol–water partition coefficient (Wildman–Crippen LogP) is 28.2. The van der Waals surface area contributed by atoms with Crippen molar-refractivity contribution >= 4 is 94.1 Å². The van der Waals surface area contributed by atoms with E-state index in [0.29, 0.717) is 42.6 Å². The average molecular weight is 1670 g/mol. The van der Waals surface area contributed by atoms with Gasteiger partial charge in [-0.2, -0.15) is 0 Å². The molecule has 20 bridgehead atoms. The van der Waals surface area contributed by atoms with E-state index in [1.165, 1.54) is 47.0 Å². The summed E-state index contributed by atoms with van der Waals surface area (Å²) in [5, 5.41) is 26.3. The summed E-state index contributed by atoms with van der Waals surface area (Å²) in [4.78, 5) is 13.7. The largest absolute Gasteiger partial charge is 0.506 e. The Balaban J connectivity index is 1.16. The second-order valence-corrected chi connectivity index (χ2v) is 46.9. The minimum Gasteiger partial charge on any atom is -0.506 e. The number of hydrogen-bond donors (Lipinski definition) is 2. The lowest BCUT2D eigenvalue weighted by Crippen LogP contribution is -2.16. The van der Waals surface area contributed by atoms with E-state index >= 15 is 0 Å². The number of phenolic OH excluding ortho intramolecular Hbond substituents is 2. The highest BCUT2D eigenvalue weighted by Crippen LogP contribution is 2.60. The summed E-state index contributed by atoms with van der Waals surface area (Å²) in [6.07, 6.45) is -0.361. The van der Waals surface area contributed by atoms with Crippen molar-refractivity contribution in [2.24, 2.45) is 0 Å². The van der Waals surface area contributed by atoms with Crippen molar-refractivity contribution in [1.29, 1.82) is 0 Å². The van der Waals surface area contributed by atoms with E-state index in [0.717, 1.165) is 115 Å². The standard InChI is InChI=1S/C94H120O10S8/c1-53(2)103-85-75-49-61(93(23,24)25)50-76(85)110-72-46-58(90(14,15)16)42-68-82(72)100-34-30-98-32-36-102-84-70-44-60(92(20,21)22)48-74(84)112-78-52-62(94(26,27)28)51-77(86(78)104-54(3)4)111-73-47-59(91(17,18)19)43-69(107-65-39-56(88(8,9)10)40-66(108-70)80(65)96)83(73)101-35-31-97-29-33-99-81-67(41-57(89(11,12)13)45-71(81)109-75)105-63-37-55(87(5,6)7)38-64(106-68)79(63)95/h37-54,95-96H,29-36H2,1-28H3. The molecule has 0 unspecified atom stereocenters. The lowest BCUT2D eigenvalue weighted by atomic mass is 9.87. The molecule has 0 fully saturated rings. The zero-order valence-corrected chi connectivity index (χ0v) is 78.0. The zero-order valence-electron chi connectivity index (χ0n) is 71.5. The van der Waals surface area contributed by atoms with Crippen LogP contribution in [0.25, 0.3) is 0 Å². The molecule has 112 heavy (non-hydrogen) atoms. The van der Waals surface area contributed by atoms with E-state index in [1.54, 1.807) is 47.0 Å². The van der Waals surface area contributed by atoms with Crippen molar-refractivity contribution in [2.45, 2.75) is 328 Å². The van der Waals surface area contributed by atoms with Crippen molar-refractivity contribution in [2.75, 3.05) is 52.9 Å². The summed E-state index contributed by atoms with van der Waals surface area (Å²) in [5.74, 6) is 4.62. The first-order valence-electron chi connectivity index (χ1n) is 39.3. The molecule has 0 spiro atoms. The lowest BCUT2D eigenvalue weighted by molar-refractivity contribution is 0.0737. The molecule has 3 aliphatic rings. The minimum atomic E-state index is -0.306. The third-order valence-corrected chi connectivity index (χ3v) is 27.9. The maximum atomic E-state index is 13.2. The van der Waals surface area contributed by atoms with Crippen LogP contribution in [0.1, 0.15) is 238 Å². The Morgan fingerprint density at radius 3 is 0.527 bits per heavy atom. The molecule has 8 aromatic rings. The molecule has 3 aliphatic heterocycles. The lowest BCUT2D eigenvalue weighted by Gasteiger charge is -2.28. The molecule has 0 amide bonds. The molecule has 0 aliphatic carbocycles. The quantitative estimate of drug-likeness (QED) is 0.174. The summed E-state index contributed by atoms with van der Waals surface area (Å²) in [7, 11) is 0. The molecule has 8 aromatic carbocycles. The highest BCUT2D eigenvalue weighted by molar-refractivity contribution is 8.02. The number of aromatic hydroxyl groups is 2. The van der Waals surface area contributed by atoms with Crippen LogP contribution in [0.5, 0.6) is 46.0 Å². The number of rotatable bonds is 4. The Morgan fingerprint density at radius 1 is 0.232 bits per heavy atom. The molecule has 0 radical (unpaired) electrons. The molecule has 0 aromatic heterocycles. The normalized spacial score (nSPS) is 15.6. The molecule has 18 heteroatoms. The van der Waals surface area contributed by atoms with Crippen LogP contribution in [-0.4, -0.2) is 75.3 Å². The van der Waals surface area contributed by atoms with Gasteiger partial charge in [-0.3, -0.25) is 0 Å². The van der Waals surface area contributed by atoms with Gasteiger partial charge in [-0.05, 0) is 213 Å². The molecular formula is C94H120O10S8. The molecule has 0 atom stereocenters. The van der Waals surface area contributed by atoms with Gasteiger partial charge in [-0.1, -0.05) is 260 Å². The Morgan fingerprint density at radius 2 is 0.375 bits per heavy atom. The fourth-order valence-corrected chi connectivity index (χ4v) is 21.9. The van der Waals surface area contributed by atoms with E-state index in [4.69, 9.17) is 37.9 Å². The van der Waals surface area contributed by atoms with Gasteiger partial charge in [0.1, 0.15) is 72.4 Å². The number of fused-ring (bicyclic) bond motifs is 4. The molecule has 10 nitrogen and oxygen atoms in total. The van der Waals surface area contributed by atoms with Crippen LogP contribution in [0, 0.1) is 0 Å². The van der Waals surface area contributed by atoms with E-state index in [9.17, 15) is 10.2 Å². The summed E-state index contributed by atoms with van der Waals surface area (Å²) in [5.41, 5.74) is 6.57. The maximum Gasteiger partial charge on any atom is 0.147 e. The van der Waals surface area contributed by atoms with E-state index in [1.807, 2.05) is 0 Å². The molecule has 0 saturated carbocycles. The summed E-state index contributed by atoms with van der Waals surface area (Å²) >= 11 is 12.7. The fourth-order valence-electron chi connectivity index (χ4n) is 12.5. The Kier molecular flexibility index (Phi) is 26.7. The van der Waals surface area contributed by atoms with E-state index < -0.39 is 0 Å². The van der Waals surface area contributed by atoms with Gasteiger partial charge in [0.05, 0.1) is 117 Å². The predicted molar refractivity (Wildman–Crippen MR) is 473 cm³/mol. The molecule has 11 rings (SSSR count). The highest BCUT2D eigenvalue weighted by Gasteiger charge is 2.35. The summed E-state index contributed by atoms with van der Waals surface area (Å²) < 4.78 is 57.0. The van der Waals surface area contributed by atoms with Crippen molar-refractivity contribution < 1.29 is 48.1 Å².